The number of carbonyl (C=O) groups excluding carboxylic acids is 1. The predicted octanol–water partition coefficient (Wildman–Crippen LogP) is 3.92. The molecule has 132 valence electrons. The number of nitrogens with zero attached hydrogens (tertiary/aromatic N) is 3. The third kappa shape index (κ3) is 3.59. The molecule has 0 aliphatic carbocycles. The number of carbonyl (C=O) groups is 1. The van der Waals surface area contributed by atoms with Gasteiger partial charge in [-0.3, -0.25) is 4.79 Å². The Balaban J connectivity index is 1.45. The van der Waals surface area contributed by atoms with Crippen molar-refractivity contribution < 1.29 is 9.21 Å². The van der Waals surface area contributed by atoms with Gasteiger partial charge in [-0.2, -0.15) is 0 Å². The SMILES string of the molecule is O=C(C=Cc1ccco1)Nc1ccc(-c2nnc3n2CCCCC3)cc1. The zero-order valence-electron chi connectivity index (χ0n) is 14.4. The van der Waals surface area contributed by atoms with Crippen molar-refractivity contribution in [2.45, 2.75) is 32.2 Å². The Morgan fingerprint density at radius 1 is 1.12 bits per heavy atom. The molecule has 1 aromatic carbocycles. The summed E-state index contributed by atoms with van der Waals surface area (Å²) in [5.74, 6) is 2.41. The Morgan fingerprint density at radius 3 is 2.81 bits per heavy atom. The molecule has 1 N–H and O–H groups in total. The first-order valence-electron chi connectivity index (χ1n) is 8.85. The van der Waals surface area contributed by atoms with E-state index in [1.54, 1.807) is 24.5 Å². The smallest absolute Gasteiger partial charge is 0.248 e. The van der Waals surface area contributed by atoms with Gasteiger partial charge in [0, 0.05) is 30.3 Å². The fraction of sp³-hybridized carbons (Fsp3) is 0.250. The van der Waals surface area contributed by atoms with Gasteiger partial charge in [0.15, 0.2) is 5.82 Å². The normalized spacial score (nSPS) is 14.2. The van der Waals surface area contributed by atoms with E-state index in [1.807, 2.05) is 24.3 Å². The molecule has 0 bridgehead atoms. The van der Waals surface area contributed by atoms with E-state index in [2.05, 4.69) is 20.1 Å². The summed E-state index contributed by atoms with van der Waals surface area (Å²) in [4.78, 5) is 12.0. The summed E-state index contributed by atoms with van der Waals surface area (Å²) >= 11 is 0. The maximum absolute atomic E-state index is 12.0. The summed E-state index contributed by atoms with van der Waals surface area (Å²) in [6.07, 6.45) is 9.22. The van der Waals surface area contributed by atoms with Crippen molar-refractivity contribution in [3.63, 3.8) is 0 Å². The molecule has 6 nitrogen and oxygen atoms in total. The second-order valence-corrected chi connectivity index (χ2v) is 6.32. The summed E-state index contributed by atoms with van der Waals surface area (Å²) < 4.78 is 7.38. The Labute approximate surface area is 151 Å². The van der Waals surface area contributed by atoms with Crippen LogP contribution >= 0.6 is 0 Å². The van der Waals surface area contributed by atoms with Crippen LogP contribution in [0, 0.1) is 0 Å². The van der Waals surface area contributed by atoms with Gasteiger partial charge in [-0.15, -0.1) is 10.2 Å². The molecule has 1 aliphatic rings. The van der Waals surface area contributed by atoms with E-state index in [1.165, 1.54) is 18.9 Å². The molecule has 0 radical (unpaired) electrons. The molecule has 1 aliphatic heterocycles. The number of fused-ring (bicyclic) bond motifs is 1. The van der Waals surface area contributed by atoms with E-state index in [-0.39, 0.29) is 5.91 Å². The lowest BCUT2D eigenvalue weighted by Gasteiger charge is -2.08. The molecule has 0 spiro atoms. The fourth-order valence-electron chi connectivity index (χ4n) is 3.13. The van der Waals surface area contributed by atoms with E-state index < -0.39 is 0 Å². The molecular formula is C20H20N4O2. The van der Waals surface area contributed by atoms with Crippen molar-refractivity contribution in [1.29, 1.82) is 0 Å². The average molecular weight is 348 g/mol. The zero-order chi connectivity index (χ0) is 17.8. The van der Waals surface area contributed by atoms with Crippen LogP contribution in [-0.2, 0) is 17.8 Å². The monoisotopic (exact) mass is 348 g/mol. The topological polar surface area (TPSA) is 73.0 Å². The molecule has 0 saturated carbocycles. The number of amides is 1. The summed E-state index contributed by atoms with van der Waals surface area (Å²) in [5.41, 5.74) is 1.74. The fourth-order valence-corrected chi connectivity index (χ4v) is 3.13. The van der Waals surface area contributed by atoms with Gasteiger partial charge >= 0.3 is 0 Å². The number of nitrogens with one attached hydrogen (secondary N) is 1. The second-order valence-electron chi connectivity index (χ2n) is 6.32. The van der Waals surface area contributed by atoms with Gasteiger partial charge in [0.2, 0.25) is 5.91 Å². The molecule has 3 heterocycles. The lowest BCUT2D eigenvalue weighted by molar-refractivity contribution is -0.111. The van der Waals surface area contributed by atoms with Gasteiger partial charge in [0.1, 0.15) is 11.6 Å². The van der Waals surface area contributed by atoms with E-state index in [0.717, 1.165) is 42.3 Å². The van der Waals surface area contributed by atoms with Crippen LogP contribution in [0.15, 0.2) is 53.2 Å². The summed E-state index contributed by atoms with van der Waals surface area (Å²) in [7, 11) is 0. The molecule has 0 unspecified atom stereocenters. The quantitative estimate of drug-likeness (QED) is 0.725. The summed E-state index contributed by atoms with van der Waals surface area (Å²) in [5, 5.41) is 11.5. The molecule has 0 atom stereocenters. The highest BCUT2D eigenvalue weighted by Gasteiger charge is 2.15. The van der Waals surface area contributed by atoms with Crippen molar-refractivity contribution in [1.82, 2.24) is 14.8 Å². The number of benzene rings is 1. The van der Waals surface area contributed by atoms with Gasteiger partial charge in [-0.1, -0.05) is 6.42 Å². The molecule has 6 heteroatoms. The highest BCUT2D eigenvalue weighted by molar-refractivity contribution is 6.01. The zero-order valence-corrected chi connectivity index (χ0v) is 14.4. The Kier molecular flexibility index (Phi) is 4.64. The van der Waals surface area contributed by atoms with Crippen LogP contribution in [0.1, 0.15) is 30.8 Å². The molecule has 3 aromatic rings. The first kappa shape index (κ1) is 16.3. The Morgan fingerprint density at radius 2 is 2.00 bits per heavy atom. The summed E-state index contributed by atoms with van der Waals surface area (Å²) in [6.45, 7) is 0.966. The van der Waals surface area contributed by atoms with Crippen LogP contribution in [0.4, 0.5) is 5.69 Å². The van der Waals surface area contributed by atoms with Crippen molar-refractivity contribution in [3.8, 4) is 11.4 Å². The molecule has 2 aromatic heterocycles. The van der Waals surface area contributed by atoms with Crippen molar-refractivity contribution >= 4 is 17.7 Å². The van der Waals surface area contributed by atoms with Crippen LogP contribution in [0.5, 0.6) is 0 Å². The predicted molar refractivity (Wildman–Crippen MR) is 99.4 cm³/mol. The van der Waals surface area contributed by atoms with Crippen LogP contribution in [0.3, 0.4) is 0 Å². The van der Waals surface area contributed by atoms with E-state index in [4.69, 9.17) is 4.42 Å². The molecule has 26 heavy (non-hydrogen) atoms. The van der Waals surface area contributed by atoms with Crippen molar-refractivity contribution in [2.75, 3.05) is 5.32 Å². The van der Waals surface area contributed by atoms with Crippen LogP contribution < -0.4 is 5.32 Å². The van der Waals surface area contributed by atoms with Gasteiger partial charge < -0.3 is 14.3 Å². The lowest BCUT2D eigenvalue weighted by Crippen LogP contribution is -2.07. The van der Waals surface area contributed by atoms with Gasteiger partial charge in [-0.05, 0) is 55.3 Å². The molecule has 0 saturated heterocycles. The second kappa shape index (κ2) is 7.39. The standard InChI is InChI=1S/C20H20N4O2/c25-19(12-11-17-5-4-14-26-17)21-16-9-7-15(8-10-16)20-23-22-18-6-2-1-3-13-24(18)20/h4-5,7-12,14H,1-3,6,13H2,(H,21,25). The van der Waals surface area contributed by atoms with Gasteiger partial charge in [0.05, 0.1) is 6.26 Å². The third-order valence-corrected chi connectivity index (χ3v) is 4.46. The minimum absolute atomic E-state index is 0.203. The maximum atomic E-state index is 12.0. The van der Waals surface area contributed by atoms with Crippen molar-refractivity contribution in [2.24, 2.45) is 0 Å². The largest absolute Gasteiger partial charge is 0.465 e. The summed E-state index contributed by atoms with van der Waals surface area (Å²) in [6, 6.07) is 11.3. The number of hydrogen-bond acceptors (Lipinski definition) is 4. The van der Waals surface area contributed by atoms with E-state index >= 15 is 0 Å². The number of anilines is 1. The maximum Gasteiger partial charge on any atom is 0.248 e. The first-order chi connectivity index (χ1) is 12.8. The van der Waals surface area contributed by atoms with Crippen LogP contribution in [-0.4, -0.2) is 20.7 Å². The number of aromatic nitrogens is 3. The molecular weight excluding hydrogens is 328 g/mol. The van der Waals surface area contributed by atoms with E-state index in [9.17, 15) is 4.79 Å². The first-order valence-corrected chi connectivity index (χ1v) is 8.85. The van der Waals surface area contributed by atoms with Crippen LogP contribution in [0.25, 0.3) is 17.5 Å². The third-order valence-electron chi connectivity index (χ3n) is 4.46. The van der Waals surface area contributed by atoms with Gasteiger partial charge in [0.25, 0.3) is 0 Å². The highest BCUT2D eigenvalue weighted by atomic mass is 16.3. The number of furan rings is 1. The Hall–Kier alpha value is -3.15. The molecule has 0 fully saturated rings. The number of hydrogen-bond donors (Lipinski definition) is 1. The highest BCUT2D eigenvalue weighted by Crippen LogP contribution is 2.24. The van der Waals surface area contributed by atoms with Crippen LogP contribution in [0.2, 0.25) is 0 Å². The lowest BCUT2D eigenvalue weighted by atomic mass is 10.2. The number of rotatable bonds is 4. The average Bonchev–Trinajstić information content (AvgIpc) is 3.26. The molecule has 4 rings (SSSR count). The number of aryl methyl sites for hydroxylation is 1. The Bertz CT molecular complexity index is 908. The molecule has 1 amide bonds. The van der Waals surface area contributed by atoms with Gasteiger partial charge in [-0.25, -0.2) is 0 Å². The minimum atomic E-state index is -0.203. The van der Waals surface area contributed by atoms with Crippen molar-refractivity contribution in [3.05, 3.63) is 60.3 Å². The van der Waals surface area contributed by atoms with E-state index in [0.29, 0.717) is 5.76 Å². The minimum Gasteiger partial charge on any atom is -0.465 e.